The van der Waals surface area contributed by atoms with Gasteiger partial charge in [0.1, 0.15) is 0 Å². The van der Waals surface area contributed by atoms with Gasteiger partial charge in [0.2, 0.25) is 11.8 Å². The van der Waals surface area contributed by atoms with Crippen molar-refractivity contribution in [2.45, 2.75) is 102 Å². The highest BCUT2D eigenvalue weighted by Crippen LogP contribution is 2.46. The van der Waals surface area contributed by atoms with Crippen LogP contribution < -0.4 is 40.1 Å². The van der Waals surface area contributed by atoms with Crippen LogP contribution in [0.2, 0.25) is 25.1 Å². The van der Waals surface area contributed by atoms with E-state index in [1.807, 2.05) is 112 Å². The van der Waals surface area contributed by atoms with Crippen LogP contribution in [0.4, 0.5) is 28.4 Å². The van der Waals surface area contributed by atoms with Crippen LogP contribution in [0, 0.1) is 22.7 Å². The van der Waals surface area contributed by atoms with E-state index < -0.39 is 20.4 Å². The van der Waals surface area contributed by atoms with Gasteiger partial charge in [0.05, 0.1) is 63.6 Å². The minimum Gasteiger partial charge on any atom is -0.371 e. The minimum absolute atomic E-state index is 0.0526. The fraction of sp³-hybridized carbons (Fsp3) is 0.481. The van der Waals surface area contributed by atoms with Crippen LogP contribution in [0.25, 0.3) is 54.5 Å². The molecule has 28 nitrogen and oxygen atoms in total. The maximum atomic E-state index is 11.8. The summed E-state index contributed by atoms with van der Waals surface area (Å²) in [5.41, 5.74) is 10.7. The number of piperidine rings is 6. The molecule has 604 valence electrons. The molecule has 0 radical (unpaired) electrons. The normalized spacial score (nSPS) is 18.8. The Morgan fingerprint density at radius 1 is 0.460 bits per heavy atom. The third-order valence-electron chi connectivity index (χ3n) is 24.0. The first-order valence-corrected chi connectivity index (χ1v) is 44.3. The van der Waals surface area contributed by atoms with Crippen LogP contribution in [0.15, 0.2) is 103 Å². The van der Waals surface area contributed by atoms with Crippen molar-refractivity contribution in [2.24, 2.45) is 32.9 Å². The van der Waals surface area contributed by atoms with Gasteiger partial charge in [0, 0.05) is 224 Å². The van der Waals surface area contributed by atoms with Gasteiger partial charge in [-0.3, -0.25) is 35.1 Å². The van der Waals surface area contributed by atoms with Crippen LogP contribution in [0.1, 0.15) is 107 Å². The van der Waals surface area contributed by atoms with Crippen LogP contribution >= 0.6 is 69.3 Å². The Kier molecular flexibility index (Phi) is 25.6. The Balaban J connectivity index is 0.000000117. The lowest BCUT2D eigenvalue weighted by atomic mass is 9.71. The lowest BCUT2D eigenvalue weighted by molar-refractivity contribution is -0.129. The van der Waals surface area contributed by atoms with Crippen molar-refractivity contribution < 1.29 is 26.4 Å². The van der Waals surface area contributed by atoms with Gasteiger partial charge >= 0.3 is 0 Å². The number of carbonyl (C=O) groups excluding carboxylic acids is 2. The second-order valence-corrected chi connectivity index (χ2v) is 37.4. The molecule has 2 amide bonds. The number of benzene rings is 5. The molecule has 13 heterocycles. The number of H-pyrrole nitrogens is 5. The predicted octanol–water partition coefficient (Wildman–Crippen LogP) is 13.4. The summed E-state index contributed by atoms with van der Waals surface area (Å²) in [6, 6.07) is 19.5. The van der Waals surface area contributed by atoms with Gasteiger partial charge < -0.3 is 34.7 Å². The van der Waals surface area contributed by atoms with E-state index in [1.54, 1.807) is 23.3 Å². The van der Waals surface area contributed by atoms with Crippen molar-refractivity contribution in [3.05, 3.63) is 133 Å². The van der Waals surface area contributed by atoms with Gasteiger partial charge in [-0.2, -0.15) is 50.9 Å². The van der Waals surface area contributed by atoms with E-state index >= 15 is 0 Å². The summed E-state index contributed by atoms with van der Waals surface area (Å²) in [5, 5.41) is 61.1. The summed E-state index contributed by atoms with van der Waals surface area (Å²) in [7, 11) is -1.81. The summed E-state index contributed by atoms with van der Waals surface area (Å²) in [5.74, 6) is 1.90. The largest absolute Gasteiger partial charge is 0.371 e. The summed E-state index contributed by atoms with van der Waals surface area (Å²) < 4.78 is 48.9. The van der Waals surface area contributed by atoms with E-state index in [9.17, 15) is 26.4 Å². The molecule has 18 rings (SSSR count). The zero-order chi connectivity index (χ0) is 79.3. The van der Waals surface area contributed by atoms with Crippen LogP contribution in [0.3, 0.4) is 0 Å². The first-order chi connectivity index (χ1) is 54.2. The van der Waals surface area contributed by atoms with Gasteiger partial charge in [0.25, 0.3) is 20.4 Å². The van der Waals surface area contributed by atoms with Crippen molar-refractivity contribution in [2.75, 3.05) is 137 Å². The van der Waals surface area contributed by atoms with E-state index in [4.69, 9.17) is 68.3 Å². The third kappa shape index (κ3) is 19.5. The second-order valence-electron chi connectivity index (χ2n) is 31.2. The number of nitrogens with zero attached hydrogens (tertiary/aromatic N) is 14. The van der Waals surface area contributed by atoms with Gasteiger partial charge in [-0.15, -0.1) is 11.3 Å². The highest BCUT2D eigenvalue weighted by atomic mass is 35.5. The monoisotopic (exact) mass is 1700 g/mol. The molecule has 5 aromatic carbocycles. The Hall–Kier alpha value is -7.79. The lowest BCUT2D eigenvalue weighted by Gasteiger charge is -2.46. The van der Waals surface area contributed by atoms with Crippen molar-refractivity contribution in [3.63, 3.8) is 0 Å². The van der Waals surface area contributed by atoms with Gasteiger partial charge in [0.15, 0.2) is 0 Å². The first-order valence-electron chi connectivity index (χ1n) is 38.5. The smallest absolute Gasteiger partial charge is 0.276 e. The highest BCUT2D eigenvalue weighted by molar-refractivity contribution is 7.87. The fourth-order valence-electron chi connectivity index (χ4n) is 17.3. The molecular weight excluding hydrogens is 1600 g/mol. The minimum atomic E-state index is -3.58. The maximum Gasteiger partial charge on any atom is 0.276 e. The Labute approximate surface area is 686 Å². The van der Waals surface area contributed by atoms with Crippen molar-refractivity contribution >= 4 is 185 Å². The number of fused-ring (bicyclic) bond motifs is 5. The van der Waals surface area contributed by atoms with Crippen LogP contribution in [-0.4, -0.2) is 211 Å². The molecule has 2 spiro atoms. The molecule has 6 aromatic heterocycles. The maximum absolute atomic E-state index is 11.8. The number of aromatic amines is 5. The highest BCUT2D eigenvalue weighted by Gasteiger charge is 2.44. The zero-order valence-corrected chi connectivity index (χ0v) is 69.8. The molecule has 7 fully saturated rings. The predicted molar refractivity (Wildman–Crippen MR) is 455 cm³/mol. The van der Waals surface area contributed by atoms with E-state index in [1.165, 1.54) is 19.3 Å². The number of carbonyl (C=O) groups is 2. The summed E-state index contributed by atoms with van der Waals surface area (Å²) in [6.07, 6.45) is 25.5. The molecule has 0 bridgehead atoms. The summed E-state index contributed by atoms with van der Waals surface area (Å²) in [6.45, 7) is 11.6. The van der Waals surface area contributed by atoms with Gasteiger partial charge in [-0.1, -0.05) is 58.0 Å². The van der Waals surface area contributed by atoms with Gasteiger partial charge in [-0.25, -0.2) is 15.3 Å². The van der Waals surface area contributed by atoms with Crippen molar-refractivity contribution in [1.29, 1.82) is 0 Å². The van der Waals surface area contributed by atoms with Crippen molar-refractivity contribution in [1.82, 2.24) is 74.8 Å². The van der Waals surface area contributed by atoms with E-state index in [0.717, 1.165) is 236 Å². The molecule has 0 atom stereocenters. The summed E-state index contributed by atoms with van der Waals surface area (Å²) in [4.78, 5) is 41.2. The lowest BCUT2D eigenvalue weighted by Crippen LogP contribution is -2.49. The second kappa shape index (κ2) is 35.3. The van der Waals surface area contributed by atoms with E-state index in [-0.39, 0.29) is 22.6 Å². The molecular formula is C77H97Cl5N22O6S3. The van der Waals surface area contributed by atoms with Crippen molar-refractivity contribution in [3.8, 4) is 0 Å². The Bertz CT molecular complexity index is 5340. The average molecular weight is 1700 g/mol. The summed E-state index contributed by atoms with van der Waals surface area (Å²) >= 11 is 32.9. The number of halogens is 5. The Morgan fingerprint density at radius 2 is 0.770 bits per heavy atom. The number of rotatable bonds is 12. The van der Waals surface area contributed by atoms with E-state index in [0.29, 0.717) is 71.8 Å². The Morgan fingerprint density at radius 3 is 1.09 bits per heavy atom. The molecule has 10 N–H and O–H groups in total. The molecule has 113 heavy (non-hydrogen) atoms. The number of nitrogens with two attached hydrogens (primary N) is 2. The molecule has 36 heteroatoms. The molecule has 7 saturated heterocycles. The number of anilines is 5. The number of amides is 2. The van der Waals surface area contributed by atoms with Crippen LogP contribution in [0.5, 0.6) is 0 Å². The molecule has 7 aliphatic heterocycles. The van der Waals surface area contributed by atoms with E-state index in [2.05, 4.69) is 91.2 Å². The molecule has 0 unspecified atom stereocenters. The zero-order valence-electron chi connectivity index (χ0n) is 63.5. The molecule has 11 aromatic rings. The number of aromatic nitrogens is 11. The number of thiazole rings is 1. The first kappa shape index (κ1) is 81.8. The van der Waals surface area contributed by atoms with Crippen LogP contribution in [-0.2, 0) is 30.0 Å². The molecule has 7 aliphatic rings. The standard InChI is InChI=1S/C16H22ClN5O2S.C16H21ClN4O.C15H20ClN5O2S.C15H19ClN4O.C15H15ClN4S/c17-12-9-14-13(11-19-20-14)15(10-12)21-5-1-16(2-6-21)3-7-22(8-4-16)25(18,23)24;1-20(2)16(22)7-11-3-5-21(6-4-11)15-9-12(17)8-14-13(15)10-18-19-14;16-11-7-13-12(9-18-19-13)14(8-11)20-4-1-15(2-5-20)3-6-21(10-15)24(17,22)23;1-17-15(21)6-10-2-4-20(5-3-10)14-8-11(16)7-13-12(14)9-18-19-13;16-11-7-13-12(9-18-19-13)14(8-11)20-4-1-10(2-5-20)15-17-3-6-21-15/h9-11H,1-8H2,(H,19,20)(H2,18,23,24);8-11H,3-7H2,1-2H3,(H,18,19);7-9H,1-6,10H2,(H,18,19)(H2,17,22,23);7-10H,2-6H2,1H3,(H,17,21)(H,18,19);3,6-10H,1-2,4-5H2,(H,18,19). The number of nitrogens with one attached hydrogen (secondary N) is 6. The number of hydrogen-bond donors (Lipinski definition) is 8. The molecule has 0 aliphatic carbocycles. The third-order valence-corrected chi connectivity index (χ3v) is 28.2. The topological polar surface area (TPSA) is 349 Å². The average Bonchev–Trinajstić information content (AvgIpc) is 1.08. The molecule has 0 saturated carbocycles. The fourth-order valence-corrected chi connectivity index (χ4v) is 20.7. The van der Waals surface area contributed by atoms with Gasteiger partial charge in [-0.05, 0) is 167 Å². The quantitative estimate of drug-likeness (QED) is 0.0563. The SMILES string of the molecule is CN(C)C(=O)CC1CCN(c2cc(Cl)cc3[nH]ncc23)CC1.CNC(=O)CC1CCN(c2cc(Cl)cc3[nH]ncc23)CC1.Clc1cc(N2CCC(c3nccs3)CC2)c2cn[nH]c2c1.NS(=O)(=O)N1CCC2(CCN(c3cc(Cl)cc4[nH]ncc34)CC2)C1.NS(=O)(=O)N1CCC2(CCN(c3cc(Cl)cc4[nH]ncc34)CC2)CC1. The number of hydrogen-bond acceptors (Lipinski definition) is 18.